The maximum atomic E-state index is 11.5. The van der Waals surface area contributed by atoms with Crippen molar-refractivity contribution in [2.24, 2.45) is 5.92 Å². The average Bonchev–Trinajstić information content (AvgIpc) is 2.69. The van der Waals surface area contributed by atoms with Crippen LogP contribution in [0.2, 0.25) is 0 Å². The van der Waals surface area contributed by atoms with Crippen molar-refractivity contribution in [1.29, 1.82) is 5.26 Å². The number of hydrogen-bond acceptors (Lipinski definition) is 4. The molecule has 5 heteroatoms. The van der Waals surface area contributed by atoms with Gasteiger partial charge >= 0.3 is 0 Å². The molecule has 1 aromatic heterocycles. The summed E-state index contributed by atoms with van der Waals surface area (Å²) in [6, 6.07) is 9.52. The van der Waals surface area contributed by atoms with Gasteiger partial charge in [-0.1, -0.05) is 23.5 Å². The van der Waals surface area contributed by atoms with Gasteiger partial charge in [0.1, 0.15) is 5.92 Å². The Morgan fingerprint density at radius 1 is 1.56 bits per heavy atom. The number of carbonyl (C=O) groups is 1. The second kappa shape index (κ2) is 4.29. The number of amides is 1. The summed E-state index contributed by atoms with van der Waals surface area (Å²) in [4.78, 5) is 15.7. The van der Waals surface area contributed by atoms with Crippen molar-refractivity contribution in [3.8, 4) is 6.07 Å². The van der Waals surface area contributed by atoms with E-state index in [0.717, 1.165) is 10.2 Å². The zero-order valence-electron chi connectivity index (χ0n) is 8.60. The number of nitrogens with zero attached hydrogens (tertiary/aromatic N) is 2. The van der Waals surface area contributed by atoms with Crippen LogP contribution in [0.25, 0.3) is 10.2 Å². The van der Waals surface area contributed by atoms with Gasteiger partial charge in [0.25, 0.3) is 0 Å². The lowest BCUT2D eigenvalue weighted by Crippen LogP contribution is -2.18. The van der Waals surface area contributed by atoms with E-state index in [1.165, 1.54) is 11.3 Å². The molecule has 0 fully saturated rings. The van der Waals surface area contributed by atoms with Gasteiger partial charge in [-0.15, -0.1) is 0 Å². The van der Waals surface area contributed by atoms with Crippen molar-refractivity contribution < 1.29 is 4.79 Å². The maximum Gasteiger partial charge on any atom is 0.243 e. The Labute approximate surface area is 96.5 Å². The molecule has 1 N–H and O–H groups in total. The van der Waals surface area contributed by atoms with Crippen molar-refractivity contribution in [3.05, 3.63) is 24.3 Å². The molecule has 0 aliphatic rings. The van der Waals surface area contributed by atoms with Gasteiger partial charge in [0.2, 0.25) is 5.91 Å². The van der Waals surface area contributed by atoms with Gasteiger partial charge in [-0.2, -0.15) is 5.26 Å². The maximum absolute atomic E-state index is 11.5. The van der Waals surface area contributed by atoms with E-state index in [0.29, 0.717) is 5.13 Å². The first kappa shape index (κ1) is 10.6. The number of rotatable bonds is 2. The average molecular weight is 231 g/mol. The Balaban J connectivity index is 2.23. The van der Waals surface area contributed by atoms with E-state index >= 15 is 0 Å². The normalized spacial score (nSPS) is 12.0. The number of benzene rings is 1. The van der Waals surface area contributed by atoms with E-state index in [1.54, 1.807) is 6.92 Å². The first-order chi connectivity index (χ1) is 7.70. The third-order valence-electron chi connectivity index (χ3n) is 2.11. The molecule has 0 aliphatic carbocycles. The molecule has 4 nitrogen and oxygen atoms in total. The molecule has 1 atom stereocenters. The minimum atomic E-state index is -0.660. The first-order valence-corrected chi connectivity index (χ1v) is 5.58. The van der Waals surface area contributed by atoms with Crippen LogP contribution in [0.15, 0.2) is 24.3 Å². The summed E-state index contributed by atoms with van der Waals surface area (Å²) in [5, 5.41) is 11.8. The Hall–Kier alpha value is -1.93. The number of fused-ring (bicyclic) bond motifs is 1. The van der Waals surface area contributed by atoms with E-state index in [2.05, 4.69) is 10.3 Å². The van der Waals surface area contributed by atoms with Gasteiger partial charge in [-0.05, 0) is 19.1 Å². The number of aromatic nitrogens is 1. The van der Waals surface area contributed by atoms with Crippen molar-refractivity contribution in [2.45, 2.75) is 6.92 Å². The predicted molar refractivity (Wildman–Crippen MR) is 63.0 cm³/mol. The summed E-state index contributed by atoms with van der Waals surface area (Å²) in [5.41, 5.74) is 0.854. The molecule has 2 aromatic rings. The summed E-state index contributed by atoms with van der Waals surface area (Å²) >= 11 is 1.40. The fraction of sp³-hybridized carbons (Fsp3) is 0.182. The van der Waals surface area contributed by atoms with E-state index in [1.807, 2.05) is 30.3 Å². The van der Waals surface area contributed by atoms with Crippen LogP contribution in [0.5, 0.6) is 0 Å². The summed E-state index contributed by atoms with van der Waals surface area (Å²) in [6.07, 6.45) is 0. The molecular formula is C11H9N3OS. The monoisotopic (exact) mass is 231 g/mol. The van der Waals surface area contributed by atoms with Crippen LogP contribution in [0.1, 0.15) is 6.92 Å². The Kier molecular flexibility index (Phi) is 2.84. The second-order valence-electron chi connectivity index (χ2n) is 3.33. The number of nitriles is 1. The molecule has 2 rings (SSSR count). The van der Waals surface area contributed by atoms with Crippen LogP contribution >= 0.6 is 11.3 Å². The molecular weight excluding hydrogens is 222 g/mol. The largest absolute Gasteiger partial charge is 0.301 e. The molecule has 0 saturated heterocycles. The molecule has 1 amide bonds. The predicted octanol–water partition coefficient (Wildman–Crippen LogP) is 2.39. The molecule has 1 heterocycles. The van der Waals surface area contributed by atoms with Crippen LogP contribution in [0.3, 0.4) is 0 Å². The standard InChI is InChI=1S/C11H9N3OS/c1-7(6-12)10(15)14-11-13-8-4-2-3-5-9(8)16-11/h2-5,7H,1H3,(H,13,14,15). The number of carbonyl (C=O) groups excluding carboxylic acids is 1. The van der Waals surface area contributed by atoms with Crippen molar-refractivity contribution >= 4 is 32.6 Å². The van der Waals surface area contributed by atoms with Gasteiger partial charge in [0.15, 0.2) is 5.13 Å². The number of para-hydroxylation sites is 1. The Morgan fingerprint density at radius 2 is 2.31 bits per heavy atom. The van der Waals surface area contributed by atoms with Gasteiger partial charge in [0.05, 0.1) is 16.3 Å². The molecule has 0 spiro atoms. The smallest absolute Gasteiger partial charge is 0.243 e. The Morgan fingerprint density at radius 3 is 3.00 bits per heavy atom. The summed E-state index contributed by atoms with van der Waals surface area (Å²) in [6.45, 7) is 1.56. The lowest BCUT2D eigenvalue weighted by atomic mass is 10.2. The molecule has 1 aromatic carbocycles. The highest BCUT2D eigenvalue weighted by Crippen LogP contribution is 2.25. The highest BCUT2D eigenvalue weighted by Gasteiger charge is 2.13. The van der Waals surface area contributed by atoms with E-state index in [4.69, 9.17) is 5.26 Å². The number of hydrogen-bond donors (Lipinski definition) is 1. The molecule has 80 valence electrons. The first-order valence-electron chi connectivity index (χ1n) is 4.77. The van der Waals surface area contributed by atoms with Crippen LogP contribution in [-0.2, 0) is 4.79 Å². The summed E-state index contributed by atoms with van der Waals surface area (Å²) < 4.78 is 1.02. The lowest BCUT2D eigenvalue weighted by Gasteiger charge is -2.00. The topological polar surface area (TPSA) is 65.8 Å². The van der Waals surface area contributed by atoms with E-state index in [-0.39, 0.29) is 5.91 Å². The highest BCUT2D eigenvalue weighted by atomic mass is 32.1. The van der Waals surface area contributed by atoms with Gasteiger partial charge in [-0.25, -0.2) is 4.98 Å². The van der Waals surface area contributed by atoms with Crippen LogP contribution in [0.4, 0.5) is 5.13 Å². The third kappa shape index (κ3) is 2.02. The lowest BCUT2D eigenvalue weighted by molar-refractivity contribution is -0.117. The van der Waals surface area contributed by atoms with Crippen molar-refractivity contribution in [3.63, 3.8) is 0 Å². The second-order valence-corrected chi connectivity index (χ2v) is 4.36. The van der Waals surface area contributed by atoms with Crippen molar-refractivity contribution in [1.82, 2.24) is 4.98 Å². The quantitative estimate of drug-likeness (QED) is 0.863. The summed E-state index contributed by atoms with van der Waals surface area (Å²) in [7, 11) is 0. The number of anilines is 1. The zero-order valence-corrected chi connectivity index (χ0v) is 9.41. The Bertz CT molecular complexity index is 537. The zero-order chi connectivity index (χ0) is 11.5. The van der Waals surface area contributed by atoms with Crippen LogP contribution < -0.4 is 5.32 Å². The molecule has 1 unspecified atom stereocenters. The molecule has 0 aliphatic heterocycles. The fourth-order valence-corrected chi connectivity index (χ4v) is 2.07. The molecule has 0 saturated carbocycles. The van der Waals surface area contributed by atoms with Crippen LogP contribution in [0, 0.1) is 17.2 Å². The van der Waals surface area contributed by atoms with Gasteiger partial charge in [-0.3, -0.25) is 4.79 Å². The minimum Gasteiger partial charge on any atom is -0.301 e. The fourth-order valence-electron chi connectivity index (χ4n) is 1.20. The number of thiazole rings is 1. The van der Waals surface area contributed by atoms with Crippen LogP contribution in [-0.4, -0.2) is 10.9 Å². The van der Waals surface area contributed by atoms with Gasteiger partial charge < -0.3 is 5.32 Å². The highest BCUT2D eigenvalue weighted by molar-refractivity contribution is 7.22. The van der Waals surface area contributed by atoms with E-state index in [9.17, 15) is 4.79 Å². The minimum absolute atomic E-state index is 0.318. The molecule has 0 radical (unpaired) electrons. The van der Waals surface area contributed by atoms with Crippen molar-refractivity contribution in [2.75, 3.05) is 5.32 Å². The third-order valence-corrected chi connectivity index (χ3v) is 3.06. The van der Waals surface area contributed by atoms with Gasteiger partial charge in [0, 0.05) is 0 Å². The van der Waals surface area contributed by atoms with E-state index < -0.39 is 5.92 Å². The SMILES string of the molecule is CC(C#N)C(=O)Nc1nc2ccccc2s1. The molecule has 16 heavy (non-hydrogen) atoms. The summed E-state index contributed by atoms with van der Waals surface area (Å²) in [5.74, 6) is -0.978. The number of nitrogens with one attached hydrogen (secondary N) is 1. The molecule has 0 bridgehead atoms.